The molecule has 0 aliphatic rings. The molecule has 0 bridgehead atoms. The Morgan fingerprint density at radius 1 is 1.26 bits per heavy atom. The summed E-state index contributed by atoms with van der Waals surface area (Å²) in [6, 6.07) is 10.1. The van der Waals surface area contributed by atoms with E-state index in [9.17, 15) is 4.79 Å². The lowest BCUT2D eigenvalue weighted by Crippen LogP contribution is -2.45. The molecular weight excluding hydrogens is 308 g/mol. The minimum Gasteiger partial charge on any atom is -0.333 e. The Labute approximate surface area is 141 Å². The first-order valence-electron chi connectivity index (χ1n) is 7.78. The Morgan fingerprint density at radius 3 is 2.52 bits per heavy atom. The van der Waals surface area contributed by atoms with Crippen LogP contribution in [0.15, 0.2) is 35.5 Å². The zero-order valence-electron chi connectivity index (χ0n) is 14.2. The largest absolute Gasteiger partial charge is 0.333 e. The summed E-state index contributed by atoms with van der Waals surface area (Å²) in [5, 5.41) is 7.62. The predicted octanol–water partition coefficient (Wildman–Crippen LogP) is 3.29. The van der Waals surface area contributed by atoms with E-state index in [-0.39, 0.29) is 11.4 Å². The molecule has 1 N–H and O–H groups in total. The highest BCUT2D eigenvalue weighted by molar-refractivity contribution is 7.99. The van der Waals surface area contributed by atoms with Crippen molar-refractivity contribution in [3.8, 4) is 0 Å². The van der Waals surface area contributed by atoms with Gasteiger partial charge in [-0.05, 0) is 26.3 Å². The lowest BCUT2D eigenvalue weighted by Gasteiger charge is -2.35. The van der Waals surface area contributed by atoms with Crippen LogP contribution >= 0.6 is 11.8 Å². The van der Waals surface area contributed by atoms with Gasteiger partial charge in [0.1, 0.15) is 5.82 Å². The molecule has 0 fully saturated rings. The molecule has 124 valence electrons. The van der Waals surface area contributed by atoms with Crippen LogP contribution in [0.1, 0.15) is 39.1 Å². The minimum atomic E-state index is -0.235. The van der Waals surface area contributed by atoms with Gasteiger partial charge in [0.2, 0.25) is 11.1 Å². The third kappa shape index (κ3) is 5.10. The normalized spacial score (nSPS) is 11.5. The Bertz CT molecular complexity index is 634. The van der Waals surface area contributed by atoms with Crippen LogP contribution in [0.25, 0.3) is 0 Å². The summed E-state index contributed by atoms with van der Waals surface area (Å²) < 4.78 is 0. The lowest BCUT2D eigenvalue weighted by atomic mass is 10.0. The molecule has 5 nitrogen and oxygen atoms in total. The van der Waals surface area contributed by atoms with Crippen LogP contribution in [0.2, 0.25) is 0 Å². The molecule has 0 spiro atoms. The number of hydrogen-bond donors (Lipinski definition) is 1. The van der Waals surface area contributed by atoms with Crippen LogP contribution in [-0.4, -0.2) is 37.3 Å². The molecule has 0 aliphatic carbocycles. The first kappa shape index (κ1) is 17.5. The van der Waals surface area contributed by atoms with E-state index >= 15 is 0 Å². The highest BCUT2D eigenvalue weighted by Crippen LogP contribution is 2.21. The van der Waals surface area contributed by atoms with Crippen molar-refractivity contribution in [1.29, 1.82) is 0 Å². The molecule has 2 aromatic rings. The highest BCUT2D eigenvalue weighted by Gasteiger charge is 2.26. The third-order valence-electron chi connectivity index (χ3n) is 3.47. The number of aromatic amines is 1. The second-order valence-electron chi connectivity index (χ2n) is 6.34. The van der Waals surface area contributed by atoms with E-state index < -0.39 is 0 Å². The van der Waals surface area contributed by atoms with Gasteiger partial charge in [0.25, 0.3) is 0 Å². The zero-order valence-corrected chi connectivity index (χ0v) is 15.0. The van der Waals surface area contributed by atoms with Gasteiger partial charge >= 0.3 is 0 Å². The Hall–Kier alpha value is -1.82. The number of nitrogens with one attached hydrogen (secondary N) is 1. The average molecular weight is 332 g/mol. The average Bonchev–Trinajstić information content (AvgIpc) is 2.98. The molecule has 23 heavy (non-hydrogen) atoms. The number of aryl methyl sites for hydroxylation is 1. The number of carbonyl (C=O) groups excluding carboxylic acids is 1. The maximum atomic E-state index is 12.7. The molecule has 0 aliphatic heterocycles. The van der Waals surface area contributed by atoms with Gasteiger partial charge in [0, 0.05) is 18.5 Å². The van der Waals surface area contributed by atoms with Crippen LogP contribution in [-0.2, 0) is 17.8 Å². The van der Waals surface area contributed by atoms with Crippen molar-refractivity contribution in [3.63, 3.8) is 0 Å². The molecular formula is C17H24N4OS. The molecule has 6 heteroatoms. The molecule has 0 saturated heterocycles. The molecule has 0 unspecified atom stereocenters. The maximum Gasteiger partial charge on any atom is 0.233 e. The van der Waals surface area contributed by atoms with Gasteiger partial charge < -0.3 is 4.90 Å². The van der Waals surface area contributed by atoms with Gasteiger partial charge in [-0.15, -0.1) is 5.10 Å². The minimum absolute atomic E-state index is 0.0919. The Balaban J connectivity index is 2.02. The number of hydrogen-bond acceptors (Lipinski definition) is 4. The molecule has 0 saturated carbocycles. The summed E-state index contributed by atoms with van der Waals surface area (Å²) in [6.45, 7) is 8.79. The highest BCUT2D eigenvalue weighted by atomic mass is 32.2. The van der Waals surface area contributed by atoms with Crippen molar-refractivity contribution in [2.45, 2.75) is 51.4 Å². The molecule has 1 aromatic carbocycles. The van der Waals surface area contributed by atoms with Crippen molar-refractivity contribution < 1.29 is 4.79 Å². The van der Waals surface area contributed by atoms with Crippen LogP contribution in [0.3, 0.4) is 0 Å². The summed E-state index contributed by atoms with van der Waals surface area (Å²) in [6.07, 6.45) is 0.809. The van der Waals surface area contributed by atoms with Crippen LogP contribution < -0.4 is 0 Å². The monoisotopic (exact) mass is 332 g/mol. The van der Waals surface area contributed by atoms with Gasteiger partial charge in [0.15, 0.2) is 0 Å². The van der Waals surface area contributed by atoms with Crippen molar-refractivity contribution in [1.82, 2.24) is 20.1 Å². The van der Waals surface area contributed by atoms with E-state index in [1.807, 2.05) is 42.2 Å². The van der Waals surface area contributed by atoms with Crippen molar-refractivity contribution in [2.24, 2.45) is 0 Å². The van der Waals surface area contributed by atoms with E-state index in [4.69, 9.17) is 0 Å². The second kappa shape index (κ2) is 7.64. The summed E-state index contributed by atoms with van der Waals surface area (Å²) in [7, 11) is 0. The van der Waals surface area contributed by atoms with E-state index in [0.29, 0.717) is 17.5 Å². The number of thioether (sulfide) groups is 1. The van der Waals surface area contributed by atoms with Crippen LogP contribution in [0.5, 0.6) is 0 Å². The van der Waals surface area contributed by atoms with Gasteiger partial charge in [-0.25, -0.2) is 4.98 Å². The van der Waals surface area contributed by atoms with Crippen molar-refractivity contribution >= 4 is 17.7 Å². The maximum absolute atomic E-state index is 12.7. The summed E-state index contributed by atoms with van der Waals surface area (Å²) >= 11 is 1.38. The molecule has 1 amide bonds. The number of H-pyrrole nitrogens is 1. The van der Waals surface area contributed by atoms with E-state index in [1.54, 1.807) is 0 Å². The second-order valence-corrected chi connectivity index (χ2v) is 7.29. The topological polar surface area (TPSA) is 61.9 Å². The zero-order chi connectivity index (χ0) is 16.9. The van der Waals surface area contributed by atoms with E-state index in [1.165, 1.54) is 11.8 Å². The number of amides is 1. The summed E-state index contributed by atoms with van der Waals surface area (Å²) in [5.41, 5.74) is 0.896. The number of aromatic nitrogens is 3. The van der Waals surface area contributed by atoms with Gasteiger partial charge in [0.05, 0.1) is 5.75 Å². The fourth-order valence-corrected chi connectivity index (χ4v) is 2.86. The van der Waals surface area contributed by atoms with Gasteiger partial charge in [-0.1, -0.05) is 49.0 Å². The molecule has 0 radical (unpaired) electrons. The molecule has 1 heterocycles. The Morgan fingerprint density at radius 2 is 1.96 bits per heavy atom. The Kier molecular flexibility index (Phi) is 5.82. The van der Waals surface area contributed by atoms with Crippen LogP contribution in [0, 0.1) is 0 Å². The third-order valence-corrected chi connectivity index (χ3v) is 4.30. The van der Waals surface area contributed by atoms with Gasteiger partial charge in [-0.2, -0.15) is 0 Å². The number of benzene rings is 1. The summed E-state index contributed by atoms with van der Waals surface area (Å²) in [4.78, 5) is 18.9. The standard InChI is InChI=1S/C17H24N4OS/c1-5-14-18-16(20-19-14)23-12-15(22)21(17(2,3)4)11-13-9-7-6-8-10-13/h6-10H,5,11-12H2,1-4H3,(H,18,19,20). The number of rotatable bonds is 6. The predicted molar refractivity (Wildman–Crippen MR) is 93.2 cm³/mol. The quantitative estimate of drug-likeness (QED) is 0.825. The molecule has 0 atom stereocenters. The molecule has 1 aromatic heterocycles. The smallest absolute Gasteiger partial charge is 0.233 e. The van der Waals surface area contributed by atoms with Gasteiger partial charge in [-0.3, -0.25) is 9.89 Å². The van der Waals surface area contributed by atoms with Crippen molar-refractivity contribution in [3.05, 3.63) is 41.7 Å². The molecule has 2 rings (SSSR count). The first-order valence-corrected chi connectivity index (χ1v) is 8.77. The SMILES string of the molecule is CCc1nc(SCC(=O)N(Cc2ccccc2)C(C)(C)C)n[nH]1. The van der Waals surface area contributed by atoms with E-state index in [2.05, 4.69) is 36.0 Å². The first-order chi connectivity index (χ1) is 10.9. The fourth-order valence-electron chi connectivity index (χ4n) is 2.17. The lowest BCUT2D eigenvalue weighted by molar-refractivity contribution is -0.133. The van der Waals surface area contributed by atoms with E-state index in [0.717, 1.165) is 17.8 Å². The fraction of sp³-hybridized carbons (Fsp3) is 0.471. The van der Waals surface area contributed by atoms with Crippen LogP contribution in [0.4, 0.5) is 0 Å². The number of carbonyl (C=O) groups is 1. The summed E-state index contributed by atoms with van der Waals surface area (Å²) in [5.74, 6) is 1.27. The van der Waals surface area contributed by atoms with Crippen molar-refractivity contribution in [2.75, 3.05) is 5.75 Å². The number of nitrogens with zero attached hydrogens (tertiary/aromatic N) is 3.